The normalized spacial score (nSPS) is 13.6. The number of aliphatic hydroxyl groups is 1. The van der Waals surface area contributed by atoms with Crippen molar-refractivity contribution in [3.63, 3.8) is 0 Å². The number of benzene rings is 1. The smallest absolute Gasteiger partial charge is 0.134 e. The van der Waals surface area contributed by atoms with Gasteiger partial charge in [-0.1, -0.05) is 12.1 Å². The molecule has 3 heteroatoms. The van der Waals surface area contributed by atoms with Crippen molar-refractivity contribution in [3.05, 3.63) is 28.8 Å². The zero-order chi connectivity index (χ0) is 13.2. The highest BCUT2D eigenvalue weighted by molar-refractivity contribution is 5.48. The number of hydrogen-bond acceptors (Lipinski definition) is 2. The SMILES string of the molecule is COc1c(C(C)(C)F)ccc(C)c1CC(C)O. The summed E-state index contributed by atoms with van der Waals surface area (Å²) < 4.78 is 19.4. The zero-order valence-corrected chi connectivity index (χ0v) is 11.2. The third-order valence-corrected chi connectivity index (χ3v) is 2.84. The predicted molar refractivity (Wildman–Crippen MR) is 67.2 cm³/mol. The van der Waals surface area contributed by atoms with E-state index in [1.54, 1.807) is 13.0 Å². The molecular formula is C14H21FO2. The minimum Gasteiger partial charge on any atom is -0.496 e. The number of alkyl halides is 1. The second-order valence-electron chi connectivity index (χ2n) is 4.97. The fraction of sp³-hybridized carbons (Fsp3) is 0.571. The Bertz CT molecular complexity index is 392. The molecule has 0 saturated carbocycles. The Kier molecular flexibility index (Phi) is 4.15. The lowest BCUT2D eigenvalue weighted by Gasteiger charge is -2.22. The first kappa shape index (κ1) is 14.0. The molecule has 0 aromatic heterocycles. The molecule has 96 valence electrons. The molecule has 1 aromatic rings. The van der Waals surface area contributed by atoms with Crippen LogP contribution < -0.4 is 4.74 Å². The van der Waals surface area contributed by atoms with Crippen LogP contribution in [0.1, 0.15) is 37.5 Å². The van der Waals surface area contributed by atoms with E-state index in [2.05, 4.69) is 0 Å². The summed E-state index contributed by atoms with van der Waals surface area (Å²) in [5, 5.41) is 9.49. The van der Waals surface area contributed by atoms with Crippen LogP contribution in [0.4, 0.5) is 4.39 Å². The number of aryl methyl sites for hydroxylation is 1. The maximum Gasteiger partial charge on any atom is 0.134 e. The van der Waals surface area contributed by atoms with Crippen molar-refractivity contribution in [1.82, 2.24) is 0 Å². The zero-order valence-electron chi connectivity index (χ0n) is 11.2. The van der Waals surface area contributed by atoms with Gasteiger partial charge < -0.3 is 9.84 Å². The van der Waals surface area contributed by atoms with Gasteiger partial charge in [-0.3, -0.25) is 0 Å². The molecule has 0 fully saturated rings. The summed E-state index contributed by atoms with van der Waals surface area (Å²) in [6.45, 7) is 6.67. The summed E-state index contributed by atoms with van der Waals surface area (Å²) in [5.74, 6) is 0.554. The van der Waals surface area contributed by atoms with Crippen LogP contribution >= 0.6 is 0 Å². The van der Waals surface area contributed by atoms with Crippen LogP contribution in [0.15, 0.2) is 12.1 Å². The molecule has 1 aromatic carbocycles. The average molecular weight is 240 g/mol. The lowest BCUT2D eigenvalue weighted by Crippen LogP contribution is -2.15. The first-order chi connectivity index (χ1) is 7.77. The molecule has 0 spiro atoms. The molecule has 0 amide bonds. The summed E-state index contributed by atoms with van der Waals surface area (Å²) in [5.41, 5.74) is 0.967. The minimum absolute atomic E-state index is 0.471. The topological polar surface area (TPSA) is 29.5 Å². The summed E-state index contributed by atoms with van der Waals surface area (Å²) in [7, 11) is 1.54. The summed E-state index contributed by atoms with van der Waals surface area (Å²) in [6.07, 6.45) is -0.000534. The molecule has 1 rings (SSSR count). The predicted octanol–water partition coefficient (Wildman–Crippen LogP) is 3.13. The Morgan fingerprint density at radius 3 is 2.41 bits per heavy atom. The van der Waals surface area contributed by atoms with Gasteiger partial charge in [0.05, 0.1) is 13.2 Å². The van der Waals surface area contributed by atoms with E-state index in [0.29, 0.717) is 17.7 Å². The number of ether oxygens (including phenoxy) is 1. The van der Waals surface area contributed by atoms with Crippen molar-refractivity contribution in [1.29, 1.82) is 0 Å². The lowest BCUT2D eigenvalue weighted by atomic mass is 9.92. The Morgan fingerprint density at radius 2 is 2.00 bits per heavy atom. The first-order valence-corrected chi connectivity index (χ1v) is 5.81. The van der Waals surface area contributed by atoms with Crippen molar-refractivity contribution in [2.75, 3.05) is 7.11 Å². The number of hydrogen-bond donors (Lipinski definition) is 1. The van der Waals surface area contributed by atoms with Crippen LogP contribution in [0.3, 0.4) is 0 Å². The van der Waals surface area contributed by atoms with Crippen LogP contribution in [0.25, 0.3) is 0 Å². The molecule has 0 aliphatic carbocycles. The van der Waals surface area contributed by atoms with Crippen LogP contribution in [0, 0.1) is 6.92 Å². The maximum absolute atomic E-state index is 14.1. The molecule has 0 bridgehead atoms. The fourth-order valence-corrected chi connectivity index (χ4v) is 1.98. The van der Waals surface area contributed by atoms with E-state index in [9.17, 15) is 9.50 Å². The number of rotatable bonds is 4. The third-order valence-electron chi connectivity index (χ3n) is 2.84. The summed E-state index contributed by atoms with van der Waals surface area (Å²) in [6, 6.07) is 3.62. The number of methoxy groups -OCH3 is 1. The molecule has 1 atom stereocenters. The maximum atomic E-state index is 14.1. The number of halogens is 1. The van der Waals surface area contributed by atoms with Gasteiger partial charge in [-0.25, -0.2) is 4.39 Å². The highest BCUT2D eigenvalue weighted by Crippen LogP contribution is 2.37. The van der Waals surface area contributed by atoms with Crippen molar-refractivity contribution < 1.29 is 14.2 Å². The highest BCUT2D eigenvalue weighted by Gasteiger charge is 2.26. The van der Waals surface area contributed by atoms with E-state index in [0.717, 1.165) is 11.1 Å². The van der Waals surface area contributed by atoms with E-state index in [4.69, 9.17) is 4.74 Å². The second-order valence-corrected chi connectivity index (χ2v) is 4.97. The van der Waals surface area contributed by atoms with Gasteiger partial charge in [0.2, 0.25) is 0 Å². The molecular weight excluding hydrogens is 219 g/mol. The Hall–Kier alpha value is -1.09. The van der Waals surface area contributed by atoms with Gasteiger partial charge in [0.1, 0.15) is 11.4 Å². The molecule has 0 aliphatic heterocycles. The van der Waals surface area contributed by atoms with Gasteiger partial charge in [-0.2, -0.15) is 0 Å². The average Bonchev–Trinajstić information content (AvgIpc) is 2.18. The van der Waals surface area contributed by atoms with Crippen molar-refractivity contribution in [2.45, 2.75) is 45.9 Å². The molecule has 1 unspecified atom stereocenters. The Morgan fingerprint density at radius 1 is 1.41 bits per heavy atom. The van der Waals surface area contributed by atoms with Crippen molar-refractivity contribution in [2.24, 2.45) is 0 Å². The van der Waals surface area contributed by atoms with Gasteiger partial charge in [-0.05, 0) is 38.8 Å². The Labute approximate surface area is 102 Å². The molecule has 0 saturated heterocycles. The van der Waals surface area contributed by atoms with Crippen molar-refractivity contribution >= 4 is 0 Å². The largest absolute Gasteiger partial charge is 0.496 e. The van der Waals surface area contributed by atoms with E-state index in [1.165, 1.54) is 21.0 Å². The van der Waals surface area contributed by atoms with Crippen LogP contribution in [0.5, 0.6) is 5.75 Å². The Balaban J connectivity index is 3.36. The monoisotopic (exact) mass is 240 g/mol. The van der Waals surface area contributed by atoms with E-state index in [1.807, 2.05) is 13.0 Å². The molecule has 0 heterocycles. The molecule has 0 radical (unpaired) electrons. The van der Waals surface area contributed by atoms with E-state index >= 15 is 0 Å². The van der Waals surface area contributed by atoms with Gasteiger partial charge >= 0.3 is 0 Å². The quantitative estimate of drug-likeness (QED) is 0.876. The van der Waals surface area contributed by atoms with Gasteiger partial charge in [-0.15, -0.1) is 0 Å². The standard InChI is InChI=1S/C14H21FO2/c1-9-6-7-12(14(3,4)15)13(17-5)11(9)8-10(2)16/h6-7,10,16H,8H2,1-5H3. The molecule has 2 nitrogen and oxygen atoms in total. The minimum atomic E-state index is -1.45. The van der Waals surface area contributed by atoms with Gasteiger partial charge in [0.25, 0.3) is 0 Å². The second kappa shape index (κ2) is 5.05. The molecule has 0 aliphatic rings. The summed E-state index contributed by atoms with van der Waals surface area (Å²) >= 11 is 0. The molecule has 17 heavy (non-hydrogen) atoms. The lowest BCUT2D eigenvalue weighted by molar-refractivity contribution is 0.191. The number of aliphatic hydroxyl groups excluding tert-OH is 1. The van der Waals surface area contributed by atoms with E-state index < -0.39 is 11.8 Å². The van der Waals surface area contributed by atoms with Gasteiger partial charge in [0, 0.05) is 12.0 Å². The van der Waals surface area contributed by atoms with Crippen LogP contribution in [-0.2, 0) is 12.1 Å². The van der Waals surface area contributed by atoms with Gasteiger partial charge in [0.15, 0.2) is 0 Å². The first-order valence-electron chi connectivity index (χ1n) is 5.81. The van der Waals surface area contributed by atoms with Crippen LogP contribution in [0.2, 0.25) is 0 Å². The third kappa shape index (κ3) is 3.19. The molecule has 1 N–H and O–H groups in total. The van der Waals surface area contributed by atoms with E-state index in [-0.39, 0.29) is 0 Å². The van der Waals surface area contributed by atoms with Crippen LogP contribution in [-0.4, -0.2) is 18.3 Å². The highest BCUT2D eigenvalue weighted by atomic mass is 19.1. The summed E-state index contributed by atoms with van der Waals surface area (Å²) in [4.78, 5) is 0. The fourth-order valence-electron chi connectivity index (χ4n) is 1.98. The van der Waals surface area contributed by atoms with Crippen molar-refractivity contribution in [3.8, 4) is 5.75 Å².